The molecule has 0 saturated carbocycles. The highest BCUT2D eigenvalue weighted by Gasteiger charge is 2.44. The van der Waals surface area contributed by atoms with Crippen LogP contribution in [-0.4, -0.2) is 119 Å². The minimum atomic E-state index is -4.32. The summed E-state index contributed by atoms with van der Waals surface area (Å²) in [6.45, 7) is 1.75. The van der Waals surface area contributed by atoms with Crippen LogP contribution in [0.15, 0.2) is 66.6 Å². The first-order valence-electron chi connectivity index (χ1n) is 13.9. The molecule has 0 radical (unpaired) electrons. The van der Waals surface area contributed by atoms with Crippen molar-refractivity contribution in [2.75, 3.05) is 34.7 Å². The number of barbiturate groups is 2. The van der Waals surface area contributed by atoms with Crippen molar-refractivity contribution in [2.45, 2.75) is 35.2 Å². The molecule has 2 aliphatic rings. The number of rotatable bonds is 10. The molecule has 1 unspecified atom stereocenters. The van der Waals surface area contributed by atoms with Crippen LogP contribution in [0.25, 0.3) is 11.1 Å². The quantitative estimate of drug-likeness (QED) is 0.211. The van der Waals surface area contributed by atoms with Gasteiger partial charge in [-0.05, 0) is 47.3 Å². The summed E-state index contributed by atoms with van der Waals surface area (Å²) in [5, 5.41) is 15.2. The standard InChI is InChI=1S/C27H29N9O10S2/c1-6-11-28-48(45,46)19-13-15(30-32-21-24(39)35(4)27(42)36(5)25(21)40)8-10-17(19)16-9-7-14(12-18(16)47(43)44)29-31-20-22(37)33(2)26(41)34(3)23(20)38/h7-10,12-13,20-21,28H,6,11H2,1-5H3,(H,43,44)/p-1. The number of nitrogens with one attached hydrogen (secondary N) is 1. The number of carbonyl (C=O) groups is 6. The lowest BCUT2D eigenvalue weighted by Gasteiger charge is -2.30. The van der Waals surface area contributed by atoms with E-state index in [1.165, 1.54) is 24.3 Å². The lowest BCUT2D eigenvalue weighted by molar-refractivity contribution is -0.144. The van der Waals surface area contributed by atoms with Crippen LogP contribution in [0.4, 0.5) is 21.0 Å². The molecule has 48 heavy (non-hydrogen) atoms. The number of sulfonamides is 1. The molecule has 1 N–H and O–H groups in total. The van der Waals surface area contributed by atoms with Gasteiger partial charge in [0.1, 0.15) is 0 Å². The molecule has 4 rings (SSSR count). The third-order valence-electron chi connectivity index (χ3n) is 7.21. The second-order valence-corrected chi connectivity index (χ2v) is 13.0. The van der Waals surface area contributed by atoms with Crippen LogP contribution in [0.3, 0.4) is 0 Å². The summed E-state index contributed by atoms with van der Waals surface area (Å²) < 4.78 is 53.9. The minimum Gasteiger partial charge on any atom is -0.768 e. The van der Waals surface area contributed by atoms with Crippen LogP contribution < -0.4 is 4.72 Å². The maximum absolute atomic E-state index is 13.4. The van der Waals surface area contributed by atoms with Gasteiger partial charge in [-0.15, -0.1) is 0 Å². The molecule has 0 bridgehead atoms. The molecule has 19 nitrogen and oxygen atoms in total. The number of hydrogen-bond donors (Lipinski definition) is 1. The predicted octanol–water partition coefficient (Wildman–Crippen LogP) is 1.29. The van der Waals surface area contributed by atoms with Gasteiger partial charge in [-0.3, -0.25) is 43.0 Å². The number of hydrogen-bond acceptors (Lipinski definition) is 14. The Labute approximate surface area is 276 Å². The van der Waals surface area contributed by atoms with E-state index in [2.05, 4.69) is 25.2 Å². The Hall–Kier alpha value is -5.12. The van der Waals surface area contributed by atoms with Gasteiger partial charge in [0.25, 0.3) is 23.6 Å². The van der Waals surface area contributed by atoms with Gasteiger partial charge in [0.15, 0.2) is 0 Å². The molecule has 0 aliphatic carbocycles. The van der Waals surface area contributed by atoms with E-state index in [9.17, 15) is 45.9 Å². The molecule has 2 fully saturated rings. The first-order chi connectivity index (χ1) is 22.5. The summed E-state index contributed by atoms with van der Waals surface area (Å²) >= 11 is -2.98. The average molecular weight is 703 g/mol. The van der Waals surface area contributed by atoms with Crippen LogP contribution in [0, 0.1) is 0 Å². The summed E-state index contributed by atoms with van der Waals surface area (Å²) in [6.07, 6.45) is 0.418. The van der Waals surface area contributed by atoms with Gasteiger partial charge in [-0.1, -0.05) is 19.1 Å². The van der Waals surface area contributed by atoms with Gasteiger partial charge < -0.3 is 4.55 Å². The molecular weight excluding hydrogens is 674 g/mol. The van der Waals surface area contributed by atoms with Crippen LogP contribution in [0.1, 0.15) is 13.3 Å². The summed E-state index contributed by atoms with van der Waals surface area (Å²) in [7, 11) is 0.318. The van der Waals surface area contributed by atoms with Crippen molar-refractivity contribution in [3.05, 3.63) is 36.4 Å². The number of nitrogens with zero attached hydrogens (tertiary/aromatic N) is 8. The van der Waals surface area contributed by atoms with E-state index in [0.29, 0.717) is 26.0 Å². The Kier molecular flexibility index (Phi) is 10.4. The van der Waals surface area contributed by atoms with Gasteiger partial charge in [0, 0.05) is 45.2 Å². The van der Waals surface area contributed by atoms with Crippen molar-refractivity contribution in [3.63, 3.8) is 0 Å². The second-order valence-electron chi connectivity index (χ2n) is 10.4. The maximum atomic E-state index is 13.4. The van der Waals surface area contributed by atoms with Gasteiger partial charge in [0.05, 0.1) is 16.3 Å². The van der Waals surface area contributed by atoms with Crippen molar-refractivity contribution < 1.29 is 45.9 Å². The van der Waals surface area contributed by atoms with Gasteiger partial charge in [-0.25, -0.2) is 22.7 Å². The number of amides is 8. The van der Waals surface area contributed by atoms with Gasteiger partial charge in [0.2, 0.25) is 22.1 Å². The topological polar surface area (TPSA) is 251 Å². The highest BCUT2D eigenvalue weighted by molar-refractivity contribution is 7.89. The van der Waals surface area contributed by atoms with Crippen molar-refractivity contribution in [1.82, 2.24) is 24.3 Å². The van der Waals surface area contributed by atoms with Gasteiger partial charge in [-0.2, -0.15) is 20.5 Å². The van der Waals surface area contributed by atoms with Gasteiger partial charge >= 0.3 is 12.1 Å². The number of urea groups is 2. The van der Waals surface area contributed by atoms with E-state index in [0.717, 1.165) is 40.3 Å². The molecule has 2 saturated heterocycles. The zero-order valence-corrected chi connectivity index (χ0v) is 27.6. The summed E-state index contributed by atoms with van der Waals surface area (Å²) in [6, 6.07) is 2.02. The van der Waals surface area contributed by atoms with Crippen LogP contribution in [-0.2, 0) is 40.3 Å². The molecule has 254 valence electrons. The zero-order valence-electron chi connectivity index (χ0n) is 26.0. The number of benzene rings is 2. The maximum Gasteiger partial charge on any atom is 0.333 e. The lowest BCUT2D eigenvalue weighted by Crippen LogP contribution is -2.58. The van der Waals surface area contributed by atoms with E-state index in [1.807, 2.05) is 0 Å². The molecule has 2 aromatic carbocycles. The summed E-state index contributed by atoms with van der Waals surface area (Å²) in [4.78, 5) is 75.8. The molecule has 2 heterocycles. The smallest absolute Gasteiger partial charge is 0.333 e. The van der Waals surface area contributed by atoms with E-state index in [-0.39, 0.29) is 29.0 Å². The molecule has 21 heteroatoms. The highest BCUT2D eigenvalue weighted by Crippen LogP contribution is 2.36. The normalized spacial score (nSPS) is 18.0. The molecule has 2 aromatic rings. The van der Waals surface area contributed by atoms with Crippen molar-refractivity contribution in [3.8, 4) is 11.1 Å². The van der Waals surface area contributed by atoms with Crippen LogP contribution in [0.5, 0.6) is 0 Å². The van der Waals surface area contributed by atoms with Crippen molar-refractivity contribution >= 4 is 68.2 Å². The second kappa shape index (κ2) is 13.9. The Balaban J connectivity index is 1.76. The molecule has 2 aliphatic heterocycles. The SMILES string of the molecule is CCCNS(=O)(=O)c1cc(N=NC2C(=O)N(C)C(=O)N(C)C2=O)ccc1-c1ccc(N=NC2C(=O)N(C)C(=O)N(C)C2=O)cc1S(=O)[O-]. The number of imide groups is 4. The fraction of sp³-hybridized carbons (Fsp3) is 0.333. The zero-order chi connectivity index (χ0) is 35.7. The summed E-state index contributed by atoms with van der Waals surface area (Å²) in [5.41, 5.74) is -0.412. The Morgan fingerprint density at radius 2 is 1.15 bits per heavy atom. The predicted molar refractivity (Wildman–Crippen MR) is 163 cm³/mol. The molecule has 8 amide bonds. The average Bonchev–Trinajstić information content (AvgIpc) is 3.07. The number of azo groups is 2. The molecule has 0 spiro atoms. The van der Waals surface area contributed by atoms with Crippen molar-refractivity contribution in [1.29, 1.82) is 0 Å². The largest absolute Gasteiger partial charge is 0.768 e. The molecule has 0 aromatic heterocycles. The lowest BCUT2D eigenvalue weighted by atomic mass is 10.0. The third kappa shape index (κ3) is 6.79. The molecular formula is C27H28N9O10S2-. The van der Waals surface area contributed by atoms with E-state index < -0.39 is 78.7 Å². The monoisotopic (exact) mass is 702 g/mol. The first-order valence-corrected chi connectivity index (χ1v) is 16.4. The Bertz CT molecular complexity index is 1880. The Morgan fingerprint density at radius 3 is 1.56 bits per heavy atom. The molecule has 1 atom stereocenters. The number of carbonyl (C=O) groups excluding carboxylic acids is 6. The van der Waals surface area contributed by atoms with Crippen LogP contribution >= 0.6 is 0 Å². The summed E-state index contributed by atoms with van der Waals surface area (Å²) in [5.74, 6) is -3.75. The fourth-order valence-electron chi connectivity index (χ4n) is 4.48. The van der Waals surface area contributed by atoms with Crippen molar-refractivity contribution in [2.24, 2.45) is 20.5 Å². The fourth-order valence-corrected chi connectivity index (χ4v) is 6.43. The van der Waals surface area contributed by atoms with E-state index >= 15 is 0 Å². The first kappa shape index (κ1) is 35.7. The van der Waals surface area contributed by atoms with E-state index in [4.69, 9.17) is 0 Å². The van der Waals surface area contributed by atoms with Crippen LogP contribution in [0.2, 0.25) is 0 Å². The third-order valence-corrected chi connectivity index (χ3v) is 9.41. The highest BCUT2D eigenvalue weighted by atomic mass is 32.2. The van der Waals surface area contributed by atoms with E-state index in [1.54, 1.807) is 6.92 Å². The minimum absolute atomic E-state index is 0.0273. The number of likely N-dealkylation sites (N-methyl/N-ethyl adjacent to an activating group) is 4. The Morgan fingerprint density at radius 1 is 0.729 bits per heavy atom.